The molecule has 3 heteroatoms. The maximum absolute atomic E-state index is 9.67. The van der Waals surface area contributed by atoms with E-state index >= 15 is 0 Å². The molecule has 1 heterocycles. The molecule has 0 radical (unpaired) electrons. The van der Waals surface area contributed by atoms with Crippen LogP contribution < -0.4 is 5.32 Å². The summed E-state index contributed by atoms with van der Waals surface area (Å²) in [6.45, 7) is 8.74. The fraction of sp³-hybridized carbons (Fsp3) is 0.600. The van der Waals surface area contributed by atoms with Crippen LogP contribution in [-0.4, -0.2) is 35.7 Å². The number of phenols is 1. The van der Waals surface area contributed by atoms with E-state index in [-0.39, 0.29) is 0 Å². The van der Waals surface area contributed by atoms with Gasteiger partial charge in [0, 0.05) is 24.7 Å². The van der Waals surface area contributed by atoms with Crippen molar-refractivity contribution in [2.45, 2.75) is 32.9 Å². The lowest BCUT2D eigenvalue weighted by Crippen LogP contribution is -2.30. The highest BCUT2D eigenvalue weighted by Gasteiger charge is 2.23. The van der Waals surface area contributed by atoms with Gasteiger partial charge >= 0.3 is 0 Å². The Morgan fingerprint density at radius 1 is 1.39 bits per heavy atom. The summed E-state index contributed by atoms with van der Waals surface area (Å²) in [5.74, 6) is 1.14. The molecule has 0 bridgehead atoms. The van der Waals surface area contributed by atoms with Crippen molar-refractivity contribution in [2.75, 3.05) is 19.6 Å². The van der Waals surface area contributed by atoms with Crippen LogP contribution in [0.4, 0.5) is 0 Å². The van der Waals surface area contributed by atoms with Crippen LogP contribution in [0.3, 0.4) is 0 Å². The van der Waals surface area contributed by atoms with Gasteiger partial charge in [-0.1, -0.05) is 18.2 Å². The smallest absolute Gasteiger partial charge is 0.120 e. The van der Waals surface area contributed by atoms with Crippen molar-refractivity contribution in [2.24, 2.45) is 5.92 Å². The van der Waals surface area contributed by atoms with E-state index in [9.17, 15) is 5.11 Å². The summed E-state index contributed by atoms with van der Waals surface area (Å²) in [5.41, 5.74) is 0.983. The molecule has 0 aliphatic carbocycles. The number of hydrogen-bond donors (Lipinski definition) is 2. The van der Waals surface area contributed by atoms with Gasteiger partial charge in [0.05, 0.1) is 0 Å². The molecule has 1 fully saturated rings. The number of rotatable bonds is 5. The standard InChI is InChI=1S/C15H24N2O/c1-12(2)17-8-7-13(11-17)9-16-10-14-5-3-4-6-15(14)18/h3-6,12-13,16,18H,7-11H2,1-2H3. The third-order valence-electron chi connectivity index (χ3n) is 3.79. The lowest BCUT2D eigenvalue weighted by Gasteiger charge is -2.20. The Hall–Kier alpha value is -1.06. The Morgan fingerprint density at radius 3 is 2.83 bits per heavy atom. The number of hydrogen-bond acceptors (Lipinski definition) is 3. The Bertz CT molecular complexity index is 379. The quantitative estimate of drug-likeness (QED) is 0.838. The average molecular weight is 248 g/mol. The largest absolute Gasteiger partial charge is 0.508 e. The molecule has 0 spiro atoms. The number of aromatic hydroxyl groups is 1. The highest BCUT2D eigenvalue weighted by Crippen LogP contribution is 2.18. The zero-order valence-corrected chi connectivity index (χ0v) is 11.4. The summed E-state index contributed by atoms with van der Waals surface area (Å²) in [6, 6.07) is 8.20. The van der Waals surface area contributed by atoms with Gasteiger partial charge in [0.15, 0.2) is 0 Å². The van der Waals surface area contributed by atoms with Crippen molar-refractivity contribution in [3.05, 3.63) is 29.8 Å². The summed E-state index contributed by atoms with van der Waals surface area (Å²) in [4.78, 5) is 2.53. The maximum Gasteiger partial charge on any atom is 0.120 e. The molecule has 1 saturated heterocycles. The van der Waals surface area contributed by atoms with Crippen molar-refractivity contribution in [3.8, 4) is 5.75 Å². The molecular weight excluding hydrogens is 224 g/mol. The molecule has 1 aromatic carbocycles. The first-order chi connectivity index (χ1) is 8.66. The van der Waals surface area contributed by atoms with Crippen molar-refractivity contribution in [1.29, 1.82) is 0 Å². The molecule has 1 atom stereocenters. The van der Waals surface area contributed by atoms with Gasteiger partial charge in [-0.15, -0.1) is 0 Å². The summed E-state index contributed by atoms with van der Waals surface area (Å²) in [7, 11) is 0. The molecule has 1 aromatic rings. The minimum absolute atomic E-state index is 0.389. The minimum Gasteiger partial charge on any atom is -0.508 e. The van der Waals surface area contributed by atoms with Gasteiger partial charge in [-0.2, -0.15) is 0 Å². The van der Waals surface area contributed by atoms with Crippen molar-refractivity contribution >= 4 is 0 Å². The third kappa shape index (κ3) is 3.47. The topological polar surface area (TPSA) is 35.5 Å². The molecule has 1 unspecified atom stereocenters. The van der Waals surface area contributed by atoms with Gasteiger partial charge in [0.2, 0.25) is 0 Å². The molecule has 0 aromatic heterocycles. The Balaban J connectivity index is 1.72. The molecule has 0 amide bonds. The van der Waals surface area contributed by atoms with Crippen LogP contribution in [-0.2, 0) is 6.54 Å². The minimum atomic E-state index is 0.389. The first-order valence-corrected chi connectivity index (χ1v) is 6.88. The molecule has 2 rings (SSSR count). The van der Waals surface area contributed by atoms with Crippen LogP contribution in [0.2, 0.25) is 0 Å². The van der Waals surface area contributed by atoms with Gasteiger partial charge in [-0.3, -0.25) is 0 Å². The van der Waals surface area contributed by atoms with E-state index in [0.717, 1.165) is 24.6 Å². The van der Waals surface area contributed by atoms with Gasteiger partial charge in [0.25, 0.3) is 0 Å². The van der Waals surface area contributed by atoms with Gasteiger partial charge in [0.1, 0.15) is 5.75 Å². The lowest BCUT2D eigenvalue weighted by atomic mass is 10.1. The second-order valence-electron chi connectivity index (χ2n) is 5.50. The Labute approximate surface area is 110 Å². The highest BCUT2D eigenvalue weighted by atomic mass is 16.3. The average Bonchev–Trinajstić information content (AvgIpc) is 2.80. The second-order valence-corrected chi connectivity index (χ2v) is 5.50. The predicted molar refractivity (Wildman–Crippen MR) is 74.6 cm³/mol. The van der Waals surface area contributed by atoms with Crippen molar-refractivity contribution in [3.63, 3.8) is 0 Å². The van der Waals surface area contributed by atoms with Gasteiger partial charge in [-0.25, -0.2) is 0 Å². The zero-order chi connectivity index (χ0) is 13.0. The number of para-hydroxylation sites is 1. The van der Waals surface area contributed by atoms with E-state index < -0.39 is 0 Å². The molecule has 3 nitrogen and oxygen atoms in total. The number of nitrogens with zero attached hydrogens (tertiary/aromatic N) is 1. The Morgan fingerprint density at radius 2 is 2.17 bits per heavy atom. The van der Waals surface area contributed by atoms with Gasteiger partial charge < -0.3 is 15.3 Å². The van der Waals surface area contributed by atoms with Crippen molar-refractivity contribution < 1.29 is 5.11 Å². The number of likely N-dealkylation sites (tertiary alicyclic amines) is 1. The summed E-state index contributed by atoms with van der Waals surface area (Å²) >= 11 is 0. The van der Waals surface area contributed by atoms with E-state index in [4.69, 9.17) is 0 Å². The predicted octanol–water partition coefficient (Wildman–Crippen LogP) is 2.21. The highest BCUT2D eigenvalue weighted by molar-refractivity contribution is 5.31. The van der Waals surface area contributed by atoms with E-state index in [0.29, 0.717) is 11.8 Å². The van der Waals surface area contributed by atoms with Crippen LogP contribution in [0.15, 0.2) is 24.3 Å². The molecule has 18 heavy (non-hydrogen) atoms. The normalized spacial score (nSPS) is 20.7. The third-order valence-corrected chi connectivity index (χ3v) is 3.79. The van der Waals surface area contributed by atoms with Crippen LogP contribution >= 0.6 is 0 Å². The van der Waals surface area contributed by atoms with Crippen LogP contribution in [0.25, 0.3) is 0 Å². The SMILES string of the molecule is CC(C)N1CCC(CNCc2ccccc2O)C1. The van der Waals surface area contributed by atoms with E-state index in [1.165, 1.54) is 19.5 Å². The van der Waals surface area contributed by atoms with Gasteiger partial charge in [-0.05, 0) is 45.3 Å². The summed E-state index contributed by atoms with van der Waals surface area (Å²) in [6.07, 6.45) is 1.28. The van der Waals surface area contributed by atoms with E-state index in [1.807, 2.05) is 18.2 Å². The molecule has 100 valence electrons. The fourth-order valence-corrected chi connectivity index (χ4v) is 2.57. The number of benzene rings is 1. The van der Waals surface area contributed by atoms with Crippen LogP contribution in [0.5, 0.6) is 5.75 Å². The zero-order valence-electron chi connectivity index (χ0n) is 11.4. The van der Waals surface area contributed by atoms with E-state index in [1.54, 1.807) is 6.07 Å². The van der Waals surface area contributed by atoms with E-state index in [2.05, 4.69) is 24.1 Å². The summed E-state index contributed by atoms with van der Waals surface area (Å²) < 4.78 is 0. The lowest BCUT2D eigenvalue weighted by molar-refractivity contribution is 0.264. The fourth-order valence-electron chi connectivity index (χ4n) is 2.57. The number of nitrogens with one attached hydrogen (secondary N) is 1. The maximum atomic E-state index is 9.67. The Kier molecular flexibility index (Phi) is 4.61. The molecule has 1 aliphatic rings. The monoisotopic (exact) mass is 248 g/mol. The summed E-state index contributed by atoms with van der Waals surface area (Å²) in [5, 5.41) is 13.1. The first-order valence-electron chi connectivity index (χ1n) is 6.88. The first kappa shape index (κ1) is 13.4. The molecule has 0 saturated carbocycles. The molecular formula is C15H24N2O. The number of phenolic OH excluding ortho intramolecular Hbond substituents is 1. The van der Waals surface area contributed by atoms with Crippen molar-refractivity contribution in [1.82, 2.24) is 10.2 Å². The second kappa shape index (κ2) is 6.21. The molecule has 1 aliphatic heterocycles. The van der Waals surface area contributed by atoms with Crippen LogP contribution in [0.1, 0.15) is 25.8 Å². The van der Waals surface area contributed by atoms with Crippen LogP contribution in [0, 0.1) is 5.92 Å². The molecule has 2 N–H and O–H groups in total.